The Bertz CT molecular complexity index is 1250. The molecule has 1 heterocycles. The first-order chi connectivity index (χ1) is 16.9. The fourth-order valence-corrected chi connectivity index (χ4v) is 4.71. The number of halogens is 2. The van der Waals surface area contributed by atoms with Crippen LogP contribution in [0.25, 0.3) is 6.08 Å². The molecule has 35 heavy (non-hydrogen) atoms. The van der Waals surface area contributed by atoms with Gasteiger partial charge in [-0.3, -0.25) is 4.79 Å². The highest BCUT2D eigenvalue weighted by molar-refractivity contribution is 7.15. The molecule has 1 aromatic heterocycles. The molecule has 0 saturated carbocycles. The van der Waals surface area contributed by atoms with Crippen LogP contribution in [0, 0.1) is 0 Å². The molecule has 0 spiro atoms. The lowest BCUT2D eigenvalue weighted by atomic mass is 10.1. The third-order valence-electron chi connectivity index (χ3n) is 5.26. The van der Waals surface area contributed by atoms with E-state index in [9.17, 15) is 4.79 Å². The third-order valence-corrected chi connectivity index (χ3v) is 6.86. The number of carbonyl (C=O) groups is 1. The number of allylic oxidation sites excluding steroid dienone is 2. The van der Waals surface area contributed by atoms with Gasteiger partial charge in [0.15, 0.2) is 0 Å². The van der Waals surface area contributed by atoms with Crippen LogP contribution < -0.4 is 11.1 Å². The average molecular weight is 527 g/mol. The number of benzene rings is 2. The van der Waals surface area contributed by atoms with Crippen LogP contribution in [0.4, 0.5) is 5.69 Å². The van der Waals surface area contributed by atoms with Gasteiger partial charge in [-0.05, 0) is 60.9 Å². The van der Waals surface area contributed by atoms with Gasteiger partial charge in [0.05, 0.1) is 34.3 Å². The number of nitrogens with zero attached hydrogens (tertiary/aromatic N) is 1. The van der Waals surface area contributed by atoms with Crippen molar-refractivity contribution in [3.05, 3.63) is 103 Å². The first-order valence-corrected chi connectivity index (χ1v) is 13.0. The number of unbranched alkanes of at least 4 members (excludes halogenated alkanes) is 1. The lowest BCUT2D eigenvalue weighted by Crippen LogP contribution is -2.30. The van der Waals surface area contributed by atoms with Gasteiger partial charge >= 0.3 is 0 Å². The second kappa shape index (κ2) is 13.3. The van der Waals surface area contributed by atoms with Crippen LogP contribution in [0.15, 0.2) is 83.0 Å². The molecule has 0 atom stereocenters. The zero-order chi connectivity index (χ0) is 25.2. The fourth-order valence-electron chi connectivity index (χ4n) is 3.27. The van der Waals surface area contributed by atoms with Crippen LogP contribution >= 0.6 is 34.5 Å². The van der Waals surface area contributed by atoms with E-state index in [2.05, 4.69) is 30.5 Å². The van der Waals surface area contributed by atoms with Crippen molar-refractivity contribution >= 4 is 57.9 Å². The van der Waals surface area contributed by atoms with Crippen molar-refractivity contribution in [1.82, 2.24) is 5.32 Å². The van der Waals surface area contributed by atoms with Gasteiger partial charge in [0.25, 0.3) is 0 Å². The Balaban J connectivity index is 1.87. The van der Waals surface area contributed by atoms with Crippen LogP contribution in [-0.4, -0.2) is 18.2 Å². The molecule has 1 amide bonds. The molecule has 4 nitrogen and oxygen atoms in total. The summed E-state index contributed by atoms with van der Waals surface area (Å²) in [7, 11) is 0. The van der Waals surface area contributed by atoms with E-state index >= 15 is 0 Å². The van der Waals surface area contributed by atoms with Crippen LogP contribution in [0.1, 0.15) is 42.0 Å². The Labute approximate surface area is 221 Å². The minimum absolute atomic E-state index is 0.0920. The molecular formula is C28H29Cl2N3OS. The standard InChI is InChI=1S/C28H29Cl2N3OS/c1-3-4-6-11-22-13-15-26(35-22)28(33-25-14-12-21(29)17-23(25)30)19(2)24(31)18-32-27(34)16-20-9-7-5-8-10-20/h5-15,17H,3-4,16,18,31H2,1-2H3,(H,32,34)/b11-6+,24-19?,33-28?. The van der Waals surface area contributed by atoms with Crippen LogP contribution in [0.2, 0.25) is 10.0 Å². The predicted molar refractivity (Wildman–Crippen MR) is 151 cm³/mol. The van der Waals surface area contributed by atoms with E-state index in [1.807, 2.05) is 43.3 Å². The molecule has 0 aliphatic rings. The zero-order valence-electron chi connectivity index (χ0n) is 19.9. The maximum atomic E-state index is 12.4. The fraction of sp³-hybridized carbons (Fsp3) is 0.214. The van der Waals surface area contributed by atoms with Gasteiger partial charge in [-0.1, -0.05) is 73.0 Å². The van der Waals surface area contributed by atoms with E-state index in [0.717, 1.165) is 33.7 Å². The summed E-state index contributed by atoms with van der Waals surface area (Å²) in [6, 6.07) is 18.9. The zero-order valence-corrected chi connectivity index (χ0v) is 22.2. The summed E-state index contributed by atoms with van der Waals surface area (Å²) in [5.41, 5.74) is 10.0. The van der Waals surface area contributed by atoms with Crippen molar-refractivity contribution < 1.29 is 4.79 Å². The van der Waals surface area contributed by atoms with Crippen LogP contribution in [0.3, 0.4) is 0 Å². The summed E-state index contributed by atoms with van der Waals surface area (Å²) in [5.74, 6) is -0.0920. The molecule has 7 heteroatoms. The van der Waals surface area contributed by atoms with E-state index in [1.54, 1.807) is 29.5 Å². The molecule has 0 unspecified atom stereocenters. The highest BCUT2D eigenvalue weighted by Gasteiger charge is 2.14. The molecule has 0 aliphatic carbocycles. The number of rotatable bonds is 10. The molecule has 0 bridgehead atoms. The number of nitrogens with two attached hydrogens (primary N) is 1. The predicted octanol–water partition coefficient (Wildman–Crippen LogP) is 7.58. The molecule has 2 aromatic carbocycles. The van der Waals surface area contributed by atoms with E-state index in [-0.39, 0.29) is 12.5 Å². The maximum absolute atomic E-state index is 12.4. The van der Waals surface area contributed by atoms with Gasteiger partial charge in [-0.25, -0.2) is 4.99 Å². The summed E-state index contributed by atoms with van der Waals surface area (Å²) in [6.07, 6.45) is 6.72. The van der Waals surface area contributed by atoms with Gasteiger partial charge < -0.3 is 11.1 Å². The lowest BCUT2D eigenvalue weighted by Gasteiger charge is -2.12. The van der Waals surface area contributed by atoms with Crippen molar-refractivity contribution in [2.45, 2.75) is 33.1 Å². The van der Waals surface area contributed by atoms with E-state index in [0.29, 0.717) is 33.6 Å². The Morgan fingerprint density at radius 1 is 1.11 bits per heavy atom. The highest BCUT2D eigenvalue weighted by Crippen LogP contribution is 2.31. The van der Waals surface area contributed by atoms with Gasteiger partial charge in [-0.15, -0.1) is 11.3 Å². The second-order valence-electron chi connectivity index (χ2n) is 8.04. The summed E-state index contributed by atoms with van der Waals surface area (Å²) < 4.78 is 0. The first-order valence-electron chi connectivity index (χ1n) is 11.4. The largest absolute Gasteiger partial charge is 0.400 e. The SMILES string of the molecule is CCC/C=C/c1ccc(C(=Nc2ccc(Cl)cc2Cl)C(C)=C(N)CNC(=O)Cc2ccccc2)s1. The molecule has 0 aliphatic heterocycles. The quantitative estimate of drug-likeness (QED) is 0.268. The topological polar surface area (TPSA) is 67.5 Å². The molecule has 182 valence electrons. The van der Waals surface area contributed by atoms with Gasteiger partial charge in [0.1, 0.15) is 0 Å². The maximum Gasteiger partial charge on any atom is 0.224 e. The Kier molecular flexibility index (Phi) is 10.2. The molecular weight excluding hydrogens is 497 g/mol. The van der Waals surface area contributed by atoms with Crippen LogP contribution in [0.5, 0.6) is 0 Å². The molecule has 0 fully saturated rings. The number of aliphatic imine (C=N–C) groups is 1. The Hall–Kier alpha value is -2.86. The molecule has 0 radical (unpaired) electrons. The van der Waals surface area contributed by atoms with Crippen molar-refractivity contribution in [2.24, 2.45) is 10.7 Å². The number of amides is 1. The van der Waals surface area contributed by atoms with E-state index in [1.165, 1.54) is 0 Å². The number of thiophene rings is 1. The average Bonchev–Trinajstić information content (AvgIpc) is 3.31. The smallest absolute Gasteiger partial charge is 0.224 e. The van der Waals surface area contributed by atoms with Crippen molar-refractivity contribution in [2.75, 3.05) is 6.54 Å². The Morgan fingerprint density at radius 2 is 1.89 bits per heavy atom. The minimum atomic E-state index is -0.0920. The van der Waals surface area contributed by atoms with Crippen molar-refractivity contribution in [1.29, 1.82) is 0 Å². The number of hydrogen-bond acceptors (Lipinski definition) is 4. The first kappa shape index (κ1) is 26.7. The van der Waals surface area contributed by atoms with Crippen LogP contribution in [-0.2, 0) is 11.2 Å². The van der Waals surface area contributed by atoms with Gasteiger partial charge in [-0.2, -0.15) is 0 Å². The monoisotopic (exact) mass is 525 g/mol. The van der Waals surface area contributed by atoms with E-state index in [4.69, 9.17) is 33.9 Å². The summed E-state index contributed by atoms with van der Waals surface area (Å²) in [4.78, 5) is 19.4. The summed E-state index contributed by atoms with van der Waals surface area (Å²) in [6.45, 7) is 4.29. The van der Waals surface area contributed by atoms with Crippen molar-refractivity contribution in [3.63, 3.8) is 0 Å². The summed E-state index contributed by atoms with van der Waals surface area (Å²) in [5, 5.41) is 3.91. The van der Waals surface area contributed by atoms with Gasteiger partial charge in [0, 0.05) is 15.6 Å². The third kappa shape index (κ3) is 8.10. The molecule has 3 aromatic rings. The van der Waals surface area contributed by atoms with Crippen molar-refractivity contribution in [3.8, 4) is 0 Å². The lowest BCUT2D eigenvalue weighted by molar-refractivity contribution is -0.120. The minimum Gasteiger partial charge on any atom is -0.400 e. The normalized spacial score (nSPS) is 12.6. The number of nitrogens with one attached hydrogen (secondary N) is 1. The summed E-state index contributed by atoms with van der Waals surface area (Å²) >= 11 is 14.1. The molecule has 3 rings (SSSR count). The van der Waals surface area contributed by atoms with E-state index < -0.39 is 0 Å². The Morgan fingerprint density at radius 3 is 2.60 bits per heavy atom. The van der Waals surface area contributed by atoms with Gasteiger partial charge in [0.2, 0.25) is 5.91 Å². The molecule has 0 saturated heterocycles. The number of carbonyl (C=O) groups excluding carboxylic acids is 1. The number of hydrogen-bond donors (Lipinski definition) is 2. The highest BCUT2D eigenvalue weighted by atomic mass is 35.5. The second-order valence-corrected chi connectivity index (χ2v) is 10.00. The molecule has 3 N–H and O–H groups in total.